The molecule has 0 radical (unpaired) electrons. The Balaban J connectivity index is 1.33. The van der Waals surface area contributed by atoms with Gasteiger partial charge < -0.3 is 25.4 Å². The lowest BCUT2D eigenvalue weighted by molar-refractivity contribution is -0.142. The molecule has 12 heteroatoms. The van der Waals surface area contributed by atoms with Crippen molar-refractivity contribution >= 4 is 17.7 Å². The number of ether oxygens (including phenoxy) is 1. The van der Waals surface area contributed by atoms with Gasteiger partial charge in [0.15, 0.2) is 0 Å². The Labute approximate surface area is 239 Å². The first kappa shape index (κ1) is 30.7. The van der Waals surface area contributed by atoms with Crippen molar-refractivity contribution in [3.05, 3.63) is 47.2 Å². The average molecular weight is 575 g/mol. The van der Waals surface area contributed by atoms with E-state index in [1.807, 2.05) is 4.90 Å². The van der Waals surface area contributed by atoms with E-state index in [1.54, 1.807) is 0 Å². The number of rotatable bonds is 17. The highest BCUT2D eigenvalue weighted by atomic mass is 19.1. The highest BCUT2D eigenvalue weighted by Gasteiger charge is 2.54. The highest BCUT2D eigenvalue weighted by molar-refractivity contribution is 5.93. The number of unbranched alkanes of at least 4 members (excludes halogenated alkanes) is 1. The molecule has 1 fully saturated rings. The van der Waals surface area contributed by atoms with Gasteiger partial charge in [-0.25, -0.2) is 18.6 Å². The molecule has 1 aliphatic carbocycles. The van der Waals surface area contributed by atoms with Crippen molar-refractivity contribution in [3.8, 4) is 0 Å². The molecule has 10 nitrogen and oxygen atoms in total. The maximum absolute atomic E-state index is 13.5. The van der Waals surface area contributed by atoms with Crippen LogP contribution >= 0.6 is 0 Å². The maximum atomic E-state index is 13.5. The summed E-state index contributed by atoms with van der Waals surface area (Å²) in [5.41, 5.74) is 1.57. The Bertz CT molecular complexity index is 1180. The van der Waals surface area contributed by atoms with Crippen LogP contribution in [0.3, 0.4) is 0 Å². The van der Waals surface area contributed by atoms with Crippen LogP contribution in [0.1, 0.15) is 61.2 Å². The molecule has 0 bridgehead atoms. The molecular formula is C29H40F2N6O4. The Morgan fingerprint density at radius 2 is 2.00 bits per heavy atom. The topological polar surface area (TPSA) is 130 Å². The largest absolute Gasteiger partial charge is 0.480 e. The Morgan fingerprint density at radius 3 is 2.71 bits per heavy atom. The second-order valence-corrected chi connectivity index (χ2v) is 10.8. The normalized spacial score (nSPS) is 16.9. The van der Waals surface area contributed by atoms with Gasteiger partial charge in [-0.2, -0.15) is 0 Å². The van der Waals surface area contributed by atoms with E-state index < -0.39 is 42.8 Å². The SMILES string of the molecule is CO[C@H](CF)CN(CCCCc1ccc2c(n1)NCCC2)CC[C@H](NC(=O)C1(c2nccnc2CF)CC1)C(=O)O. The number of anilines is 1. The van der Waals surface area contributed by atoms with E-state index in [0.717, 1.165) is 50.2 Å². The number of carbonyl (C=O) groups excluding carboxylic acids is 1. The third kappa shape index (κ3) is 7.94. The van der Waals surface area contributed by atoms with Crippen LogP contribution in [0.5, 0.6) is 0 Å². The van der Waals surface area contributed by atoms with Gasteiger partial charge in [-0.1, -0.05) is 6.07 Å². The van der Waals surface area contributed by atoms with E-state index in [2.05, 4.69) is 32.7 Å². The van der Waals surface area contributed by atoms with Gasteiger partial charge in [0, 0.05) is 44.8 Å². The van der Waals surface area contributed by atoms with Gasteiger partial charge in [0.05, 0.1) is 22.9 Å². The fourth-order valence-electron chi connectivity index (χ4n) is 5.34. The number of nitrogens with zero attached hydrogens (tertiary/aromatic N) is 4. The van der Waals surface area contributed by atoms with Gasteiger partial charge in [0.2, 0.25) is 5.91 Å². The molecule has 0 unspecified atom stereocenters. The lowest BCUT2D eigenvalue weighted by Gasteiger charge is -2.27. The number of amides is 1. The smallest absolute Gasteiger partial charge is 0.326 e. The van der Waals surface area contributed by atoms with Crippen LogP contribution in [0, 0.1) is 0 Å². The number of carboxylic acid groups (broad SMARTS) is 1. The van der Waals surface area contributed by atoms with Crippen LogP contribution in [0.15, 0.2) is 24.5 Å². The average Bonchev–Trinajstić information content (AvgIpc) is 3.81. The van der Waals surface area contributed by atoms with Crippen molar-refractivity contribution < 1.29 is 28.2 Å². The van der Waals surface area contributed by atoms with Crippen molar-refractivity contribution in [1.82, 2.24) is 25.2 Å². The van der Waals surface area contributed by atoms with Crippen LogP contribution in [-0.2, 0) is 39.3 Å². The molecule has 224 valence electrons. The van der Waals surface area contributed by atoms with Crippen molar-refractivity contribution in [2.75, 3.05) is 45.3 Å². The molecule has 2 aliphatic rings. The number of carbonyl (C=O) groups is 2. The molecule has 0 aromatic carbocycles. The van der Waals surface area contributed by atoms with E-state index in [4.69, 9.17) is 9.72 Å². The second-order valence-electron chi connectivity index (χ2n) is 10.8. The third-order valence-corrected chi connectivity index (χ3v) is 7.95. The number of hydrogen-bond acceptors (Lipinski definition) is 8. The molecule has 1 amide bonds. The quantitative estimate of drug-likeness (QED) is 0.244. The Hall–Kier alpha value is -3.25. The zero-order chi connectivity index (χ0) is 29.2. The summed E-state index contributed by atoms with van der Waals surface area (Å²) in [5.74, 6) is -0.687. The number of methoxy groups -OCH3 is 1. The zero-order valence-electron chi connectivity index (χ0n) is 23.6. The number of hydrogen-bond donors (Lipinski definition) is 3. The fourth-order valence-corrected chi connectivity index (χ4v) is 5.34. The summed E-state index contributed by atoms with van der Waals surface area (Å²) in [6.45, 7) is 0.668. The molecule has 4 rings (SSSR count). The standard InChI is InChI=1S/C29H40F2N6O4/c1-41-22(17-30)19-37(15-3-2-6-21-8-7-20-5-4-12-34-26(20)35-21)16-9-23(27(38)39)36-28(40)29(10-11-29)25-24(18-31)32-13-14-33-25/h7-8,13-14,22-23H,2-6,9-12,15-19H2,1H3,(H,34,35)(H,36,40)(H,38,39)/t22-,23+/m1/s1. The summed E-state index contributed by atoms with van der Waals surface area (Å²) in [4.78, 5) is 40.2. The lowest BCUT2D eigenvalue weighted by atomic mass is 9.98. The molecule has 41 heavy (non-hydrogen) atoms. The number of pyridine rings is 1. The molecule has 2 atom stereocenters. The van der Waals surface area contributed by atoms with Crippen LogP contribution < -0.4 is 10.6 Å². The molecule has 0 saturated heterocycles. The third-order valence-electron chi connectivity index (χ3n) is 7.95. The zero-order valence-corrected chi connectivity index (χ0v) is 23.6. The molecule has 1 aliphatic heterocycles. The fraction of sp³-hybridized carbons (Fsp3) is 0.621. The van der Waals surface area contributed by atoms with Crippen LogP contribution in [0.25, 0.3) is 0 Å². The number of nitrogens with one attached hydrogen (secondary N) is 2. The van der Waals surface area contributed by atoms with Gasteiger partial charge >= 0.3 is 5.97 Å². The van der Waals surface area contributed by atoms with Crippen molar-refractivity contribution in [1.29, 1.82) is 0 Å². The number of halogens is 2. The van der Waals surface area contributed by atoms with Crippen molar-refractivity contribution in [3.63, 3.8) is 0 Å². The van der Waals surface area contributed by atoms with Gasteiger partial charge in [0.25, 0.3) is 0 Å². The van der Waals surface area contributed by atoms with Crippen LogP contribution in [-0.4, -0.2) is 88.9 Å². The van der Waals surface area contributed by atoms with Crippen LogP contribution in [0.4, 0.5) is 14.6 Å². The number of carboxylic acids is 1. The molecule has 1 saturated carbocycles. The number of aryl methyl sites for hydroxylation is 2. The number of aromatic nitrogens is 3. The summed E-state index contributed by atoms with van der Waals surface area (Å²) in [5, 5.41) is 15.9. The van der Waals surface area contributed by atoms with E-state index in [-0.39, 0.29) is 17.8 Å². The molecule has 3 heterocycles. The van der Waals surface area contributed by atoms with Gasteiger partial charge in [-0.15, -0.1) is 0 Å². The summed E-state index contributed by atoms with van der Waals surface area (Å²) in [6, 6.07) is 3.04. The minimum Gasteiger partial charge on any atom is -0.480 e. The summed E-state index contributed by atoms with van der Waals surface area (Å²) in [6.07, 6.45) is 7.79. The predicted octanol–water partition coefficient (Wildman–Crippen LogP) is 3.00. The van der Waals surface area contributed by atoms with Gasteiger partial charge in [0.1, 0.15) is 25.2 Å². The summed E-state index contributed by atoms with van der Waals surface area (Å²) in [7, 11) is 1.45. The minimum absolute atomic E-state index is 0.0943. The second kappa shape index (κ2) is 14.6. The Morgan fingerprint density at radius 1 is 1.20 bits per heavy atom. The summed E-state index contributed by atoms with van der Waals surface area (Å²) >= 11 is 0. The molecule has 2 aromatic heterocycles. The number of alkyl halides is 2. The predicted molar refractivity (Wildman–Crippen MR) is 149 cm³/mol. The van der Waals surface area contributed by atoms with Gasteiger partial charge in [-0.05, 0) is 69.5 Å². The first-order valence-electron chi connectivity index (χ1n) is 14.3. The van der Waals surface area contributed by atoms with E-state index in [1.165, 1.54) is 25.1 Å². The van der Waals surface area contributed by atoms with E-state index >= 15 is 0 Å². The van der Waals surface area contributed by atoms with Gasteiger partial charge in [-0.3, -0.25) is 14.8 Å². The van der Waals surface area contributed by atoms with Crippen molar-refractivity contribution in [2.24, 2.45) is 0 Å². The monoisotopic (exact) mass is 574 g/mol. The van der Waals surface area contributed by atoms with Crippen LogP contribution in [0.2, 0.25) is 0 Å². The first-order chi connectivity index (χ1) is 19.9. The first-order valence-corrected chi connectivity index (χ1v) is 14.3. The highest BCUT2D eigenvalue weighted by Crippen LogP contribution is 2.48. The summed E-state index contributed by atoms with van der Waals surface area (Å²) < 4.78 is 32.2. The number of aliphatic carboxylic acids is 1. The maximum Gasteiger partial charge on any atom is 0.326 e. The minimum atomic E-state index is -1.17. The number of fused-ring (bicyclic) bond motifs is 1. The van der Waals surface area contributed by atoms with E-state index in [9.17, 15) is 23.5 Å². The lowest BCUT2D eigenvalue weighted by Crippen LogP contribution is -2.48. The molecular weight excluding hydrogens is 534 g/mol. The van der Waals surface area contributed by atoms with Crippen molar-refractivity contribution in [2.45, 2.75) is 75.6 Å². The van der Waals surface area contributed by atoms with E-state index in [0.29, 0.717) is 32.5 Å². The molecule has 2 aromatic rings. The Kier molecular flexibility index (Phi) is 10.9. The molecule has 0 spiro atoms. The molecule has 3 N–H and O–H groups in total.